The quantitative estimate of drug-likeness (QED) is 0.0640. The van der Waals surface area contributed by atoms with Gasteiger partial charge in [0.2, 0.25) is 11.8 Å². The molecule has 0 unspecified atom stereocenters. The third-order valence-electron chi connectivity index (χ3n) is 7.17. The normalized spacial score (nSPS) is 18.0. The Morgan fingerprint density at radius 2 is 1.57 bits per heavy atom. The van der Waals surface area contributed by atoms with Gasteiger partial charge in [0.25, 0.3) is 0 Å². The number of rotatable bonds is 15. The fourth-order valence-corrected chi connectivity index (χ4v) is 5.80. The predicted molar refractivity (Wildman–Crippen MR) is 163 cm³/mol. The third kappa shape index (κ3) is 9.86. The number of unbranched alkanes of at least 4 members (excludes halogenated alkanes) is 3. The number of thioether (sulfide) groups is 1. The second-order valence-electron chi connectivity index (χ2n) is 10.4. The van der Waals surface area contributed by atoms with E-state index in [1.807, 2.05) is 36.4 Å². The summed E-state index contributed by atoms with van der Waals surface area (Å²) in [6, 6.07) is 18.0. The van der Waals surface area contributed by atoms with Gasteiger partial charge in [0.15, 0.2) is 6.29 Å². The van der Waals surface area contributed by atoms with Crippen LogP contribution in [0.2, 0.25) is 0 Å². The number of aromatic nitrogens is 1. The number of hydroxylamine groups is 1. The van der Waals surface area contributed by atoms with Crippen LogP contribution in [-0.4, -0.2) is 50.0 Å². The number of carbonyl (C=O) groups is 3. The first kappa shape index (κ1) is 33.1. The van der Waals surface area contributed by atoms with E-state index in [2.05, 4.69) is 10.3 Å². The number of hydrogen-bond donors (Lipinski definition) is 5. The zero-order chi connectivity index (χ0) is 31.3. The molecule has 234 valence electrons. The number of benzene rings is 2. The van der Waals surface area contributed by atoms with E-state index in [1.165, 1.54) is 17.8 Å². The van der Waals surface area contributed by atoms with E-state index in [0.29, 0.717) is 42.1 Å². The maximum Gasteiger partial charge on any atom is 0.338 e. The summed E-state index contributed by atoms with van der Waals surface area (Å²) in [6.07, 6.45) is 4.41. The smallest absolute Gasteiger partial charge is 0.338 e. The zero-order valence-electron chi connectivity index (χ0n) is 24.2. The molecule has 0 bridgehead atoms. The molecule has 11 nitrogen and oxygen atoms in total. The predicted octanol–water partition coefficient (Wildman–Crippen LogP) is 5.39. The number of carbonyl (C=O) groups excluding carboxylic acids is 2. The number of nitrogens with zero attached hydrogens (tertiary/aromatic N) is 1. The summed E-state index contributed by atoms with van der Waals surface area (Å²) >= 11 is 1.32. The number of anilines is 1. The van der Waals surface area contributed by atoms with Gasteiger partial charge >= 0.3 is 5.97 Å². The molecule has 2 aromatic carbocycles. The van der Waals surface area contributed by atoms with Crippen LogP contribution < -0.4 is 10.8 Å². The topological polar surface area (TPSA) is 167 Å². The minimum Gasteiger partial charge on any atom is -0.478 e. The largest absolute Gasteiger partial charge is 0.478 e. The van der Waals surface area contributed by atoms with Gasteiger partial charge < -0.3 is 25.0 Å². The summed E-state index contributed by atoms with van der Waals surface area (Å²) in [4.78, 5) is 39.3. The second-order valence-corrected chi connectivity index (χ2v) is 11.5. The van der Waals surface area contributed by atoms with E-state index in [4.69, 9.17) is 14.7 Å². The highest BCUT2D eigenvalue weighted by molar-refractivity contribution is 7.99. The molecule has 2 amide bonds. The Hall–Kier alpha value is -3.81. The molecule has 5 N–H and O–H groups in total. The van der Waals surface area contributed by atoms with Crippen molar-refractivity contribution in [2.75, 3.05) is 11.1 Å². The molecule has 1 fully saturated rings. The van der Waals surface area contributed by atoms with Gasteiger partial charge in [-0.1, -0.05) is 49.2 Å². The lowest BCUT2D eigenvalue weighted by Crippen LogP contribution is -2.31. The van der Waals surface area contributed by atoms with Crippen molar-refractivity contribution in [3.63, 3.8) is 0 Å². The van der Waals surface area contributed by atoms with Gasteiger partial charge in [0.1, 0.15) is 5.03 Å². The first-order valence-corrected chi connectivity index (χ1v) is 15.5. The van der Waals surface area contributed by atoms with Crippen molar-refractivity contribution in [3.8, 4) is 0 Å². The molecular formula is C32H37N3O8S. The lowest BCUT2D eigenvalue weighted by atomic mass is 10.0. The molecule has 1 saturated heterocycles. The first-order chi connectivity index (χ1) is 21.4. The summed E-state index contributed by atoms with van der Waals surface area (Å²) < 4.78 is 12.7. The van der Waals surface area contributed by atoms with Crippen LogP contribution in [0.1, 0.15) is 84.4 Å². The molecule has 1 aliphatic rings. The second kappa shape index (κ2) is 16.9. The number of pyridine rings is 1. The number of aliphatic hydroxyl groups is 1. The van der Waals surface area contributed by atoms with Crippen LogP contribution >= 0.6 is 11.8 Å². The number of carboxylic acids is 1. The van der Waals surface area contributed by atoms with Crippen LogP contribution in [0.4, 0.5) is 5.69 Å². The van der Waals surface area contributed by atoms with Crippen LogP contribution in [-0.2, 0) is 25.7 Å². The number of aromatic carboxylic acids is 1. The van der Waals surface area contributed by atoms with Gasteiger partial charge in [-0.3, -0.25) is 14.8 Å². The van der Waals surface area contributed by atoms with Gasteiger partial charge in [-0.05, 0) is 48.2 Å². The Bertz CT molecular complexity index is 1390. The number of nitrogens with one attached hydrogen (secondary N) is 2. The molecule has 0 saturated carbocycles. The van der Waals surface area contributed by atoms with Crippen molar-refractivity contribution < 1.29 is 39.3 Å². The van der Waals surface area contributed by atoms with Crippen LogP contribution in [0.3, 0.4) is 0 Å². The van der Waals surface area contributed by atoms with Crippen molar-refractivity contribution in [2.45, 2.75) is 75.1 Å². The van der Waals surface area contributed by atoms with E-state index < -0.39 is 18.2 Å². The molecule has 0 aliphatic carbocycles. The molecule has 0 spiro atoms. The van der Waals surface area contributed by atoms with Gasteiger partial charge in [-0.25, -0.2) is 15.3 Å². The monoisotopic (exact) mass is 623 g/mol. The van der Waals surface area contributed by atoms with Crippen LogP contribution in [0.25, 0.3) is 0 Å². The molecule has 1 aliphatic heterocycles. The highest BCUT2D eigenvalue weighted by Crippen LogP contribution is 2.39. The van der Waals surface area contributed by atoms with Crippen LogP contribution in [0, 0.1) is 0 Å². The molecule has 2 heterocycles. The number of ether oxygens (including phenoxy) is 2. The molecule has 3 atom stereocenters. The highest BCUT2D eigenvalue weighted by atomic mass is 32.2. The highest BCUT2D eigenvalue weighted by Gasteiger charge is 2.32. The SMILES string of the molecule is O=C(CCCCCCC(=O)Nc1ccc([C@@H]2O[C@H](CSc3ncccc3C(=O)O)C[C@H](c3ccc(CO)cc3)O2)cc1)NO. The Labute approximate surface area is 260 Å². The van der Waals surface area contributed by atoms with Crippen molar-refractivity contribution >= 4 is 35.2 Å². The molecule has 4 rings (SSSR count). The minimum absolute atomic E-state index is 0.0544. The van der Waals surface area contributed by atoms with E-state index in [-0.39, 0.29) is 36.7 Å². The third-order valence-corrected chi connectivity index (χ3v) is 8.31. The number of aliphatic hydroxyl groups excluding tert-OH is 1. The van der Waals surface area contributed by atoms with Gasteiger partial charge in [-0.15, -0.1) is 11.8 Å². The summed E-state index contributed by atoms with van der Waals surface area (Å²) in [5.74, 6) is -1.08. The van der Waals surface area contributed by atoms with Crippen LogP contribution in [0.5, 0.6) is 0 Å². The standard InChI is InChI=1S/C32H37N3O8S/c36-19-21-9-11-22(12-10-21)27-18-25(20-44-30-26(31(39)40)6-5-17-33-30)42-32(43-27)23-13-15-24(16-14-23)34-28(37)7-3-1-2-4-8-29(38)35-41/h5-6,9-17,25,27,32,36,41H,1-4,7-8,18-20H2,(H,34,37)(H,35,38)(H,39,40)/t25-,27+,32+/m0/s1. The van der Waals surface area contributed by atoms with Crippen molar-refractivity contribution in [1.29, 1.82) is 0 Å². The van der Waals surface area contributed by atoms with Crippen molar-refractivity contribution in [3.05, 3.63) is 89.1 Å². The van der Waals surface area contributed by atoms with E-state index in [9.17, 15) is 24.6 Å². The van der Waals surface area contributed by atoms with E-state index >= 15 is 0 Å². The number of amides is 2. The summed E-state index contributed by atoms with van der Waals surface area (Å²) in [6.45, 7) is -0.0544. The van der Waals surface area contributed by atoms with E-state index in [1.54, 1.807) is 29.9 Å². The fraction of sp³-hybridized carbons (Fsp3) is 0.375. The van der Waals surface area contributed by atoms with Gasteiger partial charge in [0.05, 0.1) is 24.4 Å². The fourth-order valence-electron chi connectivity index (χ4n) is 4.79. The molecule has 44 heavy (non-hydrogen) atoms. The minimum atomic E-state index is -1.04. The lowest BCUT2D eigenvalue weighted by molar-refractivity contribution is -0.245. The van der Waals surface area contributed by atoms with Crippen molar-refractivity contribution in [2.24, 2.45) is 0 Å². The maximum absolute atomic E-state index is 12.4. The average molecular weight is 624 g/mol. The molecular weight excluding hydrogens is 586 g/mol. The zero-order valence-corrected chi connectivity index (χ0v) is 25.0. The molecule has 12 heteroatoms. The summed E-state index contributed by atoms with van der Waals surface area (Å²) in [7, 11) is 0. The summed E-state index contributed by atoms with van der Waals surface area (Å²) in [5, 5.41) is 30.8. The maximum atomic E-state index is 12.4. The Morgan fingerprint density at radius 1 is 0.886 bits per heavy atom. The Kier molecular flexibility index (Phi) is 12.7. The average Bonchev–Trinajstić information content (AvgIpc) is 3.05. The Balaban J connectivity index is 1.37. The Morgan fingerprint density at radius 3 is 2.23 bits per heavy atom. The molecule has 0 radical (unpaired) electrons. The van der Waals surface area contributed by atoms with Crippen LogP contribution in [0.15, 0.2) is 71.9 Å². The molecule has 3 aromatic rings. The van der Waals surface area contributed by atoms with Gasteiger partial charge in [-0.2, -0.15) is 0 Å². The summed E-state index contributed by atoms with van der Waals surface area (Å²) in [5.41, 5.74) is 4.90. The number of hydrogen-bond acceptors (Lipinski definition) is 9. The van der Waals surface area contributed by atoms with Crippen molar-refractivity contribution in [1.82, 2.24) is 10.5 Å². The van der Waals surface area contributed by atoms with Gasteiger partial charge in [0, 0.05) is 42.5 Å². The number of carboxylic acid groups (broad SMARTS) is 1. The molecule has 1 aromatic heterocycles. The lowest BCUT2D eigenvalue weighted by Gasteiger charge is -2.36. The first-order valence-electron chi connectivity index (χ1n) is 14.5. The van der Waals surface area contributed by atoms with E-state index in [0.717, 1.165) is 29.5 Å².